The lowest BCUT2D eigenvalue weighted by molar-refractivity contribution is -0.126. The highest BCUT2D eigenvalue weighted by molar-refractivity contribution is 5.05. The van der Waals surface area contributed by atoms with Gasteiger partial charge in [0, 0.05) is 11.1 Å². The van der Waals surface area contributed by atoms with Crippen molar-refractivity contribution >= 4 is 0 Å². The third-order valence-corrected chi connectivity index (χ3v) is 4.15. The van der Waals surface area contributed by atoms with Gasteiger partial charge in [-0.25, -0.2) is 0 Å². The highest BCUT2D eigenvalue weighted by atomic mass is 16.3. The molecule has 0 spiro atoms. The second-order valence-electron chi connectivity index (χ2n) is 6.59. The Labute approximate surface area is 100 Å². The van der Waals surface area contributed by atoms with Crippen molar-refractivity contribution in [1.82, 2.24) is 4.90 Å². The van der Waals surface area contributed by atoms with E-state index in [4.69, 9.17) is 0 Å². The van der Waals surface area contributed by atoms with Crippen molar-refractivity contribution in [2.75, 3.05) is 7.05 Å². The molecule has 1 N–H and O–H groups in total. The molecule has 2 nitrogen and oxygen atoms in total. The van der Waals surface area contributed by atoms with Gasteiger partial charge in [0.05, 0.1) is 5.60 Å². The monoisotopic (exact) mass is 225 g/mol. The van der Waals surface area contributed by atoms with E-state index < -0.39 is 5.60 Å². The van der Waals surface area contributed by atoms with Crippen LogP contribution in [0.25, 0.3) is 0 Å². The molecule has 0 amide bonds. The van der Waals surface area contributed by atoms with Crippen LogP contribution in [0.4, 0.5) is 0 Å². The number of hydrogen-bond donors (Lipinski definition) is 1. The lowest BCUT2D eigenvalue weighted by atomic mass is 9.69. The zero-order valence-electron chi connectivity index (χ0n) is 11.5. The minimum absolute atomic E-state index is 0.0532. The summed E-state index contributed by atoms with van der Waals surface area (Å²) in [5.74, 6) is 0. The van der Waals surface area contributed by atoms with E-state index in [1.165, 1.54) is 0 Å². The molecular weight excluding hydrogens is 198 g/mol. The number of likely N-dealkylation sites (tertiary alicyclic amines) is 1. The highest BCUT2D eigenvalue weighted by Gasteiger charge is 2.49. The summed E-state index contributed by atoms with van der Waals surface area (Å²) < 4.78 is 0. The van der Waals surface area contributed by atoms with Gasteiger partial charge in [0.2, 0.25) is 0 Å². The Hall–Kier alpha value is -0.340. The van der Waals surface area contributed by atoms with Crippen LogP contribution in [0.3, 0.4) is 0 Å². The SMILES string of the molecule is C=CCCC1(O)CC(C)(C)N(C)C(C)(C)C1. The van der Waals surface area contributed by atoms with Gasteiger partial charge in [0.15, 0.2) is 0 Å². The van der Waals surface area contributed by atoms with Crippen molar-refractivity contribution < 1.29 is 5.11 Å². The predicted octanol–water partition coefficient (Wildman–Crippen LogP) is 2.97. The van der Waals surface area contributed by atoms with Crippen molar-refractivity contribution in [2.45, 2.75) is 70.1 Å². The first-order valence-electron chi connectivity index (χ1n) is 6.20. The van der Waals surface area contributed by atoms with Gasteiger partial charge in [-0.05, 0) is 60.4 Å². The van der Waals surface area contributed by atoms with Gasteiger partial charge < -0.3 is 5.11 Å². The number of piperidine rings is 1. The first-order valence-corrected chi connectivity index (χ1v) is 6.20. The standard InChI is InChI=1S/C14H27NO/c1-7-8-9-14(16)10-12(2,3)15(6)13(4,5)11-14/h7,16H,1,8-11H2,2-6H3. The normalized spacial score (nSPS) is 27.6. The largest absolute Gasteiger partial charge is 0.390 e. The van der Waals surface area contributed by atoms with Crippen LogP contribution < -0.4 is 0 Å². The quantitative estimate of drug-likeness (QED) is 0.746. The van der Waals surface area contributed by atoms with Crippen LogP contribution in [0.15, 0.2) is 12.7 Å². The Kier molecular flexibility index (Phi) is 3.56. The molecule has 1 rings (SSSR count). The minimum atomic E-state index is -0.534. The Bertz CT molecular complexity index is 250. The van der Waals surface area contributed by atoms with Crippen molar-refractivity contribution in [3.05, 3.63) is 12.7 Å². The molecule has 0 atom stereocenters. The molecule has 0 aromatic carbocycles. The van der Waals surface area contributed by atoms with E-state index >= 15 is 0 Å². The fourth-order valence-corrected chi connectivity index (χ4v) is 3.28. The Morgan fingerprint density at radius 2 is 1.62 bits per heavy atom. The molecule has 1 saturated heterocycles. The maximum atomic E-state index is 10.7. The molecule has 1 aliphatic heterocycles. The van der Waals surface area contributed by atoms with E-state index in [0.29, 0.717) is 0 Å². The van der Waals surface area contributed by atoms with Crippen molar-refractivity contribution in [3.8, 4) is 0 Å². The molecule has 2 heteroatoms. The lowest BCUT2D eigenvalue weighted by Gasteiger charge is -2.56. The van der Waals surface area contributed by atoms with Gasteiger partial charge in [-0.3, -0.25) is 4.90 Å². The number of allylic oxidation sites excluding steroid dienone is 1. The first kappa shape index (κ1) is 13.7. The number of aliphatic hydroxyl groups is 1. The average Bonchev–Trinajstić information content (AvgIpc) is 2.10. The van der Waals surface area contributed by atoms with Gasteiger partial charge >= 0.3 is 0 Å². The molecule has 0 radical (unpaired) electrons. The second-order valence-corrected chi connectivity index (χ2v) is 6.59. The second kappa shape index (κ2) is 4.15. The summed E-state index contributed by atoms with van der Waals surface area (Å²) in [5, 5.41) is 10.7. The highest BCUT2D eigenvalue weighted by Crippen LogP contribution is 2.44. The maximum absolute atomic E-state index is 10.7. The maximum Gasteiger partial charge on any atom is 0.0685 e. The smallest absolute Gasteiger partial charge is 0.0685 e. The van der Waals surface area contributed by atoms with Crippen LogP contribution in [0.5, 0.6) is 0 Å². The fourth-order valence-electron chi connectivity index (χ4n) is 3.28. The molecule has 0 saturated carbocycles. The van der Waals surface area contributed by atoms with Crippen LogP contribution in [0.1, 0.15) is 53.4 Å². The summed E-state index contributed by atoms with van der Waals surface area (Å²) >= 11 is 0. The topological polar surface area (TPSA) is 23.5 Å². The first-order chi connectivity index (χ1) is 7.13. The van der Waals surface area contributed by atoms with Gasteiger partial charge in [-0.15, -0.1) is 6.58 Å². The van der Waals surface area contributed by atoms with Crippen LogP contribution in [0, 0.1) is 0 Å². The van der Waals surface area contributed by atoms with E-state index in [2.05, 4.69) is 46.2 Å². The molecular formula is C14H27NO. The molecule has 1 aliphatic rings. The zero-order valence-corrected chi connectivity index (χ0v) is 11.5. The van der Waals surface area contributed by atoms with Crippen LogP contribution >= 0.6 is 0 Å². The summed E-state index contributed by atoms with van der Waals surface area (Å²) in [5.41, 5.74) is -0.428. The van der Waals surface area contributed by atoms with E-state index in [-0.39, 0.29) is 11.1 Å². The van der Waals surface area contributed by atoms with E-state index in [9.17, 15) is 5.11 Å². The van der Waals surface area contributed by atoms with Crippen molar-refractivity contribution in [1.29, 1.82) is 0 Å². The molecule has 0 aromatic rings. The van der Waals surface area contributed by atoms with E-state index in [0.717, 1.165) is 25.7 Å². The fraction of sp³-hybridized carbons (Fsp3) is 0.857. The Morgan fingerprint density at radius 3 is 2.00 bits per heavy atom. The summed E-state index contributed by atoms with van der Waals surface area (Å²) in [6.07, 6.45) is 5.31. The van der Waals surface area contributed by atoms with Crippen molar-refractivity contribution in [3.63, 3.8) is 0 Å². The van der Waals surface area contributed by atoms with Gasteiger partial charge in [0.25, 0.3) is 0 Å². The summed E-state index contributed by atoms with van der Waals surface area (Å²) in [6, 6.07) is 0. The molecule has 16 heavy (non-hydrogen) atoms. The van der Waals surface area contributed by atoms with Gasteiger partial charge in [-0.2, -0.15) is 0 Å². The number of hydrogen-bond acceptors (Lipinski definition) is 2. The van der Waals surface area contributed by atoms with E-state index in [1.54, 1.807) is 0 Å². The van der Waals surface area contributed by atoms with Crippen LogP contribution in [-0.4, -0.2) is 33.7 Å². The Balaban J connectivity index is 2.89. The molecule has 1 fully saturated rings. The van der Waals surface area contributed by atoms with Crippen molar-refractivity contribution in [2.24, 2.45) is 0 Å². The number of nitrogens with zero attached hydrogens (tertiary/aromatic N) is 1. The van der Waals surface area contributed by atoms with Crippen LogP contribution in [0.2, 0.25) is 0 Å². The molecule has 94 valence electrons. The average molecular weight is 225 g/mol. The summed E-state index contributed by atoms with van der Waals surface area (Å²) in [7, 11) is 2.16. The molecule has 0 unspecified atom stereocenters. The molecule has 0 bridgehead atoms. The van der Waals surface area contributed by atoms with Gasteiger partial charge in [-0.1, -0.05) is 6.08 Å². The zero-order chi connectivity index (χ0) is 12.6. The lowest BCUT2D eigenvalue weighted by Crippen LogP contribution is -2.63. The number of rotatable bonds is 3. The Morgan fingerprint density at radius 1 is 1.19 bits per heavy atom. The minimum Gasteiger partial charge on any atom is -0.390 e. The molecule has 0 aliphatic carbocycles. The third kappa shape index (κ3) is 2.67. The summed E-state index contributed by atoms with van der Waals surface area (Å²) in [6.45, 7) is 12.6. The molecule has 1 heterocycles. The summed E-state index contributed by atoms with van der Waals surface area (Å²) in [4.78, 5) is 2.39. The molecule has 0 aromatic heterocycles. The van der Waals surface area contributed by atoms with Crippen LogP contribution in [-0.2, 0) is 0 Å². The predicted molar refractivity (Wildman–Crippen MR) is 69.5 cm³/mol. The van der Waals surface area contributed by atoms with E-state index in [1.807, 2.05) is 6.08 Å². The third-order valence-electron chi connectivity index (χ3n) is 4.15. The van der Waals surface area contributed by atoms with Gasteiger partial charge in [0.1, 0.15) is 0 Å².